The van der Waals surface area contributed by atoms with E-state index in [1.807, 2.05) is 44.2 Å². The molecule has 0 saturated carbocycles. The summed E-state index contributed by atoms with van der Waals surface area (Å²) in [6, 6.07) is 21.7. The van der Waals surface area contributed by atoms with Gasteiger partial charge in [-0.3, -0.25) is 13.9 Å². The highest BCUT2D eigenvalue weighted by Gasteiger charge is 2.32. The molecule has 7 nitrogen and oxygen atoms in total. The Kier molecular flexibility index (Phi) is 10.9. The highest BCUT2D eigenvalue weighted by Crippen LogP contribution is 2.27. The number of carbonyl (C=O) groups excluding carboxylic acids is 2. The molecule has 0 saturated heterocycles. The van der Waals surface area contributed by atoms with E-state index >= 15 is 0 Å². The largest absolute Gasteiger partial charge is 0.354 e. The standard InChI is InChI=1S/C30H36ClN3O4S/c1-4-5-19-32-30(36)24(3)33(20-18-25-10-7-6-8-11-25)29(35)22-34(27-13-9-12-26(31)21-27)39(37,38)28-16-14-23(2)15-17-28/h6-17,21,24H,4-5,18-20,22H2,1-3H3,(H,32,36). The van der Waals surface area contributed by atoms with Gasteiger partial charge in [-0.2, -0.15) is 0 Å². The van der Waals surface area contributed by atoms with E-state index in [9.17, 15) is 18.0 Å². The van der Waals surface area contributed by atoms with E-state index in [0.717, 1.165) is 28.3 Å². The van der Waals surface area contributed by atoms with Crippen molar-refractivity contribution in [2.45, 2.75) is 51.0 Å². The lowest BCUT2D eigenvalue weighted by atomic mass is 10.1. The fourth-order valence-electron chi connectivity index (χ4n) is 4.10. The molecule has 0 aliphatic carbocycles. The van der Waals surface area contributed by atoms with Crippen LogP contribution in [0.4, 0.5) is 5.69 Å². The van der Waals surface area contributed by atoms with Crippen molar-refractivity contribution in [3.63, 3.8) is 0 Å². The van der Waals surface area contributed by atoms with Crippen LogP contribution in [0.3, 0.4) is 0 Å². The van der Waals surface area contributed by atoms with Crippen molar-refractivity contribution < 1.29 is 18.0 Å². The molecule has 1 unspecified atom stereocenters. The van der Waals surface area contributed by atoms with E-state index in [4.69, 9.17) is 11.6 Å². The number of hydrogen-bond donors (Lipinski definition) is 1. The average molecular weight is 570 g/mol. The van der Waals surface area contributed by atoms with Crippen molar-refractivity contribution in [3.05, 3.63) is 95.0 Å². The number of amides is 2. The minimum absolute atomic E-state index is 0.0575. The summed E-state index contributed by atoms with van der Waals surface area (Å²) in [4.78, 5) is 28.3. The van der Waals surface area contributed by atoms with Crippen LogP contribution < -0.4 is 9.62 Å². The monoisotopic (exact) mass is 569 g/mol. The number of halogens is 1. The van der Waals surface area contributed by atoms with Gasteiger partial charge in [-0.25, -0.2) is 8.42 Å². The molecule has 208 valence electrons. The van der Waals surface area contributed by atoms with Gasteiger partial charge in [-0.05, 0) is 62.6 Å². The van der Waals surface area contributed by atoms with Crippen LogP contribution >= 0.6 is 11.6 Å². The summed E-state index contributed by atoms with van der Waals surface area (Å²) in [7, 11) is -4.12. The van der Waals surface area contributed by atoms with Gasteiger partial charge in [0.1, 0.15) is 12.6 Å². The number of carbonyl (C=O) groups is 2. The summed E-state index contributed by atoms with van der Waals surface area (Å²) >= 11 is 6.21. The van der Waals surface area contributed by atoms with E-state index in [0.29, 0.717) is 18.0 Å². The molecule has 0 fully saturated rings. The summed E-state index contributed by atoms with van der Waals surface area (Å²) in [5.41, 5.74) is 2.18. The Bertz CT molecular complexity index is 1350. The van der Waals surface area contributed by atoms with E-state index in [1.54, 1.807) is 37.3 Å². The normalized spacial score (nSPS) is 12.0. The molecule has 3 aromatic carbocycles. The van der Waals surface area contributed by atoms with Crippen LogP contribution in [0.15, 0.2) is 83.8 Å². The number of aryl methyl sites for hydroxylation is 1. The minimum atomic E-state index is -4.12. The number of benzene rings is 3. The maximum atomic E-state index is 13.8. The van der Waals surface area contributed by atoms with Gasteiger partial charge >= 0.3 is 0 Å². The summed E-state index contributed by atoms with van der Waals surface area (Å²) in [6.07, 6.45) is 2.27. The Labute approximate surface area is 236 Å². The summed E-state index contributed by atoms with van der Waals surface area (Å²) < 4.78 is 28.7. The number of sulfonamides is 1. The molecule has 0 bridgehead atoms. The average Bonchev–Trinajstić information content (AvgIpc) is 2.92. The topological polar surface area (TPSA) is 86.8 Å². The number of hydrogen-bond acceptors (Lipinski definition) is 4. The first kappa shape index (κ1) is 30.2. The molecule has 1 N–H and O–H groups in total. The SMILES string of the molecule is CCCCNC(=O)C(C)N(CCc1ccccc1)C(=O)CN(c1cccc(Cl)c1)S(=O)(=O)c1ccc(C)cc1. The molecular weight excluding hydrogens is 534 g/mol. The lowest BCUT2D eigenvalue weighted by Gasteiger charge is -2.32. The number of nitrogens with one attached hydrogen (secondary N) is 1. The Morgan fingerprint density at radius 2 is 1.67 bits per heavy atom. The molecule has 0 heterocycles. The molecule has 3 aromatic rings. The van der Waals surface area contributed by atoms with Crippen molar-refractivity contribution in [3.8, 4) is 0 Å². The van der Waals surface area contributed by atoms with Crippen LogP contribution in [0.5, 0.6) is 0 Å². The van der Waals surface area contributed by atoms with Crippen molar-refractivity contribution in [1.82, 2.24) is 10.2 Å². The Hall–Kier alpha value is -3.36. The third kappa shape index (κ3) is 8.31. The third-order valence-corrected chi connectivity index (χ3v) is 8.49. The van der Waals surface area contributed by atoms with E-state index < -0.39 is 28.5 Å². The first-order chi connectivity index (χ1) is 18.6. The first-order valence-electron chi connectivity index (χ1n) is 13.1. The zero-order valence-corrected chi connectivity index (χ0v) is 24.2. The van der Waals surface area contributed by atoms with Crippen molar-refractivity contribution in [2.24, 2.45) is 0 Å². The fraction of sp³-hybridized carbons (Fsp3) is 0.333. The van der Waals surface area contributed by atoms with Crippen LogP contribution in [0.2, 0.25) is 5.02 Å². The fourth-order valence-corrected chi connectivity index (χ4v) is 5.69. The summed E-state index contributed by atoms with van der Waals surface area (Å²) in [6.45, 7) is 5.84. The number of nitrogens with zero attached hydrogens (tertiary/aromatic N) is 2. The maximum Gasteiger partial charge on any atom is 0.264 e. The Morgan fingerprint density at radius 3 is 2.31 bits per heavy atom. The van der Waals surface area contributed by atoms with E-state index in [-0.39, 0.29) is 23.0 Å². The van der Waals surface area contributed by atoms with Gasteiger partial charge in [0, 0.05) is 18.1 Å². The highest BCUT2D eigenvalue weighted by atomic mass is 35.5. The minimum Gasteiger partial charge on any atom is -0.354 e. The van der Waals surface area contributed by atoms with Gasteiger partial charge in [0.2, 0.25) is 11.8 Å². The van der Waals surface area contributed by atoms with Crippen LogP contribution in [0, 0.1) is 6.92 Å². The molecule has 2 amide bonds. The Morgan fingerprint density at radius 1 is 0.974 bits per heavy atom. The summed E-state index contributed by atoms with van der Waals surface area (Å²) in [5, 5.41) is 3.23. The molecule has 3 rings (SSSR count). The lowest BCUT2D eigenvalue weighted by molar-refractivity contribution is -0.138. The Balaban J connectivity index is 1.95. The predicted molar refractivity (Wildman–Crippen MR) is 156 cm³/mol. The molecule has 39 heavy (non-hydrogen) atoms. The number of rotatable bonds is 13. The van der Waals surface area contributed by atoms with E-state index in [2.05, 4.69) is 5.32 Å². The molecular formula is C30H36ClN3O4S. The molecule has 0 radical (unpaired) electrons. The van der Waals surface area contributed by atoms with E-state index in [1.165, 1.54) is 23.1 Å². The zero-order chi connectivity index (χ0) is 28.4. The van der Waals surface area contributed by atoms with Crippen LogP contribution in [0.1, 0.15) is 37.8 Å². The third-order valence-electron chi connectivity index (χ3n) is 6.47. The number of unbranched alkanes of at least 4 members (excludes halogenated alkanes) is 1. The van der Waals surface area contributed by atoms with Crippen molar-refractivity contribution in [1.29, 1.82) is 0 Å². The second-order valence-electron chi connectivity index (χ2n) is 9.45. The molecule has 9 heteroatoms. The van der Waals surface area contributed by atoms with Gasteiger partial charge in [0.15, 0.2) is 0 Å². The van der Waals surface area contributed by atoms with Gasteiger partial charge in [0.25, 0.3) is 10.0 Å². The smallest absolute Gasteiger partial charge is 0.264 e. The molecule has 0 aliphatic rings. The van der Waals surface area contributed by atoms with Crippen molar-refractivity contribution in [2.75, 3.05) is 23.9 Å². The van der Waals surface area contributed by atoms with Crippen LogP contribution in [-0.4, -0.2) is 50.8 Å². The predicted octanol–water partition coefficient (Wildman–Crippen LogP) is 5.22. The first-order valence-corrected chi connectivity index (χ1v) is 14.9. The zero-order valence-electron chi connectivity index (χ0n) is 22.6. The van der Waals surface area contributed by atoms with Crippen LogP contribution in [0.25, 0.3) is 0 Å². The number of anilines is 1. The maximum absolute atomic E-state index is 13.8. The van der Waals surface area contributed by atoms with Crippen LogP contribution in [-0.2, 0) is 26.0 Å². The summed E-state index contributed by atoms with van der Waals surface area (Å²) in [5.74, 6) is -0.764. The molecule has 1 atom stereocenters. The quantitative estimate of drug-likeness (QED) is 0.286. The molecule has 0 spiro atoms. The second kappa shape index (κ2) is 14.1. The second-order valence-corrected chi connectivity index (χ2v) is 11.7. The van der Waals surface area contributed by atoms with Gasteiger partial charge in [-0.15, -0.1) is 0 Å². The van der Waals surface area contributed by atoms with Gasteiger partial charge < -0.3 is 10.2 Å². The molecule has 0 aliphatic heterocycles. The molecule has 0 aromatic heterocycles. The van der Waals surface area contributed by atoms with Gasteiger partial charge in [-0.1, -0.05) is 79.0 Å². The van der Waals surface area contributed by atoms with Crippen molar-refractivity contribution >= 4 is 39.1 Å². The highest BCUT2D eigenvalue weighted by molar-refractivity contribution is 7.92. The lowest BCUT2D eigenvalue weighted by Crippen LogP contribution is -2.52. The van der Waals surface area contributed by atoms with Gasteiger partial charge in [0.05, 0.1) is 10.6 Å².